The standard InChI is InChI=1S/C19H18F4N2O4S/c1-29-14-4-2-3-13(11-14)18(26)24-7-9-25(10-8-24)30(27,28)15-5-6-17(20)16(12-15)19(21,22)23/h2-6,11-12H,7-10H2,1H3. The molecule has 30 heavy (non-hydrogen) atoms. The highest BCUT2D eigenvalue weighted by Gasteiger charge is 2.37. The molecule has 1 saturated heterocycles. The van der Waals surface area contributed by atoms with Gasteiger partial charge < -0.3 is 9.64 Å². The third-order valence-electron chi connectivity index (χ3n) is 4.72. The summed E-state index contributed by atoms with van der Waals surface area (Å²) in [5, 5.41) is 0. The van der Waals surface area contributed by atoms with Crippen LogP contribution in [0.3, 0.4) is 0 Å². The van der Waals surface area contributed by atoms with Gasteiger partial charge in [-0.25, -0.2) is 12.8 Å². The van der Waals surface area contributed by atoms with Crippen molar-refractivity contribution in [3.8, 4) is 5.75 Å². The van der Waals surface area contributed by atoms with E-state index >= 15 is 0 Å². The molecule has 0 atom stereocenters. The lowest BCUT2D eigenvalue weighted by Crippen LogP contribution is -2.50. The highest BCUT2D eigenvalue weighted by Crippen LogP contribution is 2.33. The molecule has 0 aromatic heterocycles. The van der Waals surface area contributed by atoms with Crippen molar-refractivity contribution in [1.82, 2.24) is 9.21 Å². The number of rotatable bonds is 4. The maximum absolute atomic E-state index is 13.5. The third kappa shape index (κ3) is 4.41. The van der Waals surface area contributed by atoms with E-state index in [2.05, 4.69) is 0 Å². The fourth-order valence-electron chi connectivity index (χ4n) is 3.10. The molecular formula is C19H18F4N2O4S. The third-order valence-corrected chi connectivity index (χ3v) is 6.62. The van der Waals surface area contributed by atoms with Crippen LogP contribution in [0, 0.1) is 5.82 Å². The van der Waals surface area contributed by atoms with E-state index in [-0.39, 0.29) is 32.1 Å². The number of halogens is 4. The van der Waals surface area contributed by atoms with Crippen molar-refractivity contribution in [1.29, 1.82) is 0 Å². The van der Waals surface area contributed by atoms with Gasteiger partial charge in [0.25, 0.3) is 5.91 Å². The van der Waals surface area contributed by atoms with E-state index in [9.17, 15) is 30.8 Å². The molecule has 0 aliphatic carbocycles. The highest BCUT2D eigenvalue weighted by molar-refractivity contribution is 7.89. The summed E-state index contributed by atoms with van der Waals surface area (Å²) in [6.45, 7) is -0.0846. The summed E-state index contributed by atoms with van der Waals surface area (Å²) < 4.78 is 83.7. The predicted molar refractivity (Wildman–Crippen MR) is 99.1 cm³/mol. The van der Waals surface area contributed by atoms with Crippen molar-refractivity contribution in [3.63, 3.8) is 0 Å². The van der Waals surface area contributed by atoms with Crippen LogP contribution in [0.1, 0.15) is 15.9 Å². The van der Waals surface area contributed by atoms with Crippen LogP contribution in [0.15, 0.2) is 47.4 Å². The second-order valence-corrected chi connectivity index (χ2v) is 8.51. The number of nitrogens with zero attached hydrogens (tertiary/aromatic N) is 2. The number of ether oxygens (including phenoxy) is 1. The van der Waals surface area contributed by atoms with Gasteiger partial charge in [0.2, 0.25) is 10.0 Å². The van der Waals surface area contributed by atoms with Gasteiger partial charge in [-0.05, 0) is 36.4 Å². The molecule has 0 radical (unpaired) electrons. The SMILES string of the molecule is COc1cccc(C(=O)N2CCN(S(=O)(=O)c3ccc(F)c(C(F)(F)F)c3)CC2)c1. The van der Waals surface area contributed by atoms with E-state index < -0.39 is 32.5 Å². The minimum Gasteiger partial charge on any atom is -0.497 e. The van der Waals surface area contributed by atoms with Crippen molar-refractivity contribution in [2.24, 2.45) is 0 Å². The molecule has 1 aliphatic heterocycles. The second-order valence-electron chi connectivity index (χ2n) is 6.57. The van der Waals surface area contributed by atoms with Crippen LogP contribution in [-0.2, 0) is 16.2 Å². The predicted octanol–water partition coefficient (Wildman–Crippen LogP) is 3.00. The Bertz CT molecular complexity index is 1050. The fourth-order valence-corrected chi connectivity index (χ4v) is 4.55. The van der Waals surface area contributed by atoms with Crippen molar-refractivity contribution < 1.29 is 35.5 Å². The van der Waals surface area contributed by atoms with Gasteiger partial charge in [-0.1, -0.05) is 6.07 Å². The summed E-state index contributed by atoms with van der Waals surface area (Å²) >= 11 is 0. The van der Waals surface area contributed by atoms with E-state index in [0.717, 1.165) is 10.4 Å². The lowest BCUT2D eigenvalue weighted by molar-refractivity contribution is -0.140. The molecule has 6 nitrogen and oxygen atoms in total. The summed E-state index contributed by atoms with van der Waals surface area (Å²) in [5.41, 5.74) is -1.27. The number of sulfonamides is 1. The number of piperazine rings is 1. The molecule has 162 valence electrons. The Hall–Kier alpha value is -2.66. The molecule has 1 aliphatic rings. The van der Waals surface area contributed by atoms with Gasteiger partial charge in [-0.15, -0.1) is 0 Å². The molecule has 1 heterocycles. The van der Waals surface area contributed by atoms with Crippen LogP contribution in [0.5, 0.6) is 5.75 Å². The summed E-state index contributed by atoms with van der Waals surface area (Å²) in [5.74, 6) is -1.36. The van der Waals surface area contributed by atoms with Crippen LogP contribution >= 0.6 is 0 Å². The summed E-state index contributed by atoms with van der Waals surface area (Å²) in [4.78, 5) is 13.4. The quantitative estimate of drug-likeness (QED) is 0.678. The maximum Gasteiger partial charge on any atom is 0.419 e. The average Bonchev–Trinajstić information content (AvgIpc) is 2.72. The zero-order valence-corrected chi connectivity index (χ0v) is 16.6. The van der Waals surface area contributed by atoms with Crippen molar-refractivity contribution in [3.05, 3.63) is 59.4 Å². The molecule has 1 amide bonds. The Morgan fingerprint density at radius 1 is 1.03 bits per heavy atom. The van der Waals surface area contributed by atoms with Crippen LogP contribution in [0.25, 0.3) is 0 Å². The van der Waals surface area contributed by atoms with E-state index in [4.69, 9.17) is 4.74 Å². The summed E-state index contributed by atoms with van der Waals surface area (Å²) in [7, 11) is -2.81. The largest absolute Gasteiger partial charge is 0.497 e. The normalized spacial score (nSPS) is 15.8. The van der Waals surface area contributed by atoms with Crippen LogP contribution in [0.4, 0.5) is 17.6 Å². The first-order chi connectivity index (χ1) is 14.0. The molecule has 1 fully saturated rings. The molecule has 2 aromatic rings. The van der Waals surface area contributed by atoms with Crippen molar-refractivity contribution in [2.75, 3.05) is 33.3 Å². The number of alkyl halides is 3. The number of hydrogen-bond donors (Lipinski definition) is 0. The lowest BCUT2D eigenvalue weighted by Gasteiger charge is -2.34. The van der Waals surface area contributed by atoms with Gasteiger partial charge in [0.05, 0.1) is 17.6 Å². The Kier molecular flexibility index (Phi) is 6.04. The molecule has 0 bridgehead atoms. The first-order valence-electron chi connectivity index (χ1n) is 8.84. The van der Waals surface area contributed by atoms with Gasteiger partial charge >= 0.3 is 6.18 Å². The van der Waals surface area contributed by atoms with Gasteiger partial charge in [-0.3, -0.25) is 4.79 Å². The molecular weight excluding hydrogens is 428 g/mol. The Labute approximate surface area is 170 Å². The number of carbonyl (C=O) groups excluding carboxylic acids is 1. The first kappa shape index (κ1) is 22.0. The summed E-state index contributed by atoms with van der Waals surface area (Å²) in [6.07, 6.45) is -5.02. The molecule has 0 spiro atoms. The van der Waals surface area contributed by atoms with E-state index in [0.29, 0.717) is 23.4 Å². The molecule has 3 rings (SSSR count). The number of benzene rings is 2. The monoisotopic (exact) mass is 446 g/mol. The molecule has 0 saturated carbocycles. The topological polar surface area (TPSA) is 66.9 Å². The first-order valence-corrected chi connectivity index (χ1v) is 10.3. The zero-order chi connectivity index (χ0) is 22.1. The van der Waals surface area contributed by atoms with Gasteiger partial charge in [-0.2, -0.15) is 17.5 Å². The minimum atomic E-state index is -5.02. The van der Waals surface area contributed by atoms with Gasteiger partial charge in [0, 0.05) is 31.7 Å². The van der Waals surface area contributed by atoms with Crippen molar-refractivity contribution in [2.45, 2.75) is 11.1 Å². The Morgan fingerprint density at radius 2 is 1.70 bits per heavy atom. The fraction of sp³-hybridized carbons (Fsp3) is 0.316. The highest BCUT2D eigenvalue weighted by atomic mass is 32.2. The van der Waals surface area contributed by atoms with E-state index in [1.807, 2.05) is 0 Å². The molecule has 11 heteroatoms. The second kappa shape index (κ2) is 8.23. The van der Waals surface area contributed by atoms with E-state index in [1.165, 1.54) is 12.0 Å². The van der Waals surface area contributed by atoms with E-state index in [1.54, 1.807) is 24.3 Å². The van der Waals surface area contributed by atoms with Crippen molar-refractivity contribution >= 4 is 15.9 Å². The maximum atomic E-state index is 13.5. The van der Waals surface area contributed by atoms with Crippen LogP contribution < -0.4 is 4.74 Å². The lowest BCUT2D eigenvalue weighted by atomic mass is 10.1. The average molecular weight is 446 g/mol. The van der Waals surface area contributed by atoms with Crippen LogP contribution in [-0.4, -0.2) is 56.8 Å². The number of hydrogen-bond acceptors (Lipinski definition) is 4. The molecule has 0 N–H and O–H groups in total. The van der Waals surface area contributed by atoms with Crippen LogP contribution in [0.2, 0.25) is 0 Å². The Balaban J connectivity index is 1.75. The number of carbonyl (C=O) groups is 1. The van der Waals surface area contributed by atoms with Gasteiger partial charge in [0.15, 0.2) is 0 Å². The molecule has 2 aromatic carbocycles. The smallest absolute Gasteiger partial charge is 0.419 e. The Morgan fingerprint density at radius 3 is 2.30 bits per heavy atom. The summed E-state index contributed by atoms with van der Waals surface area (Å²) in [6, 6.07) is 8.07. The number of methoxy groups -OCH3 is 1. The molecule has 0 unspecified atom stereocenters. The van der Waals surface area contributed by atoms with Gasteiger partial charge in [0.1, 0.15) is 11.6 Å². The minimum absolute atomic E-state index is 0.0581. The number of amides is 1. The zero-order valence-electron chi connectivity index (χ0n) is 15.8.